The molecule has 0 radical (unpaired) electrons. The number of hydrogen-bond donors (Lipinski definition) is 1. The fourth-order valence-corrected chi connectivity index (χ4v) is 4.16. The van der Waals surface area contributed by atoms with Gasteiger partial charge in [-0.1, -0.05) is 6.07 Å². The van der Waals surface area contributed by atoms with Crippen molar-refractivity contribution in [3.05, 3.63) is 42.1 Å². The number of carbonyl (C=O) groups is 2. The Morgan fingerprint density at radius 2 is 1.91 bits per heavy atom. The van der Waals surface area contributed by atoms with E-state index in [1.165, 1.54) is 12.8 Å². The maximum absolute atomic E-state index is 12.7. The SMILES string of the molecule is CC(C)(C)OC(=O)N1CCC(n2ccc(NC(=O)c3cccc(OC4CCCC4)c3)n2)C1. The van der Waals surface area contributed by atoms with Crippen LogP contribution in [0.25, 0.3) is 0 Å². The third kappa shape index (κ3) is 5.60. The Balaban J connectivity index is 1.33. The average Bonchev–Trinajstić information content (AvgIpc) is 3.48. The lowest BCUT2D eigenvalue weighted by atomic mass is 10.2. The number of amides is 2. The first kappa shape index (κ1) is 22.2. The summed E-state index contributed by atoms with van der Waals surface area (Å²) in [7, 11) is 0. The summed E-state index contributed by atoms with van der Waals surface area (Å²) < 4.78 is 13.3. The summed E-state index contributed by atoms with van der Waals surface area (Å²) in [5.74, 6) is 0.977. The van der Waals surface area contributed by atoms with Crippen LogP contribution in [0.15, 0.2) is 36.5 Å². The molecular weight excluding hydrogens is 408 g/mol. The lowest BCUT2D eigenvalue weighted by molar-refractivity contribution is 0.0288. The van der Waals surface area contributed by atoms with Crippen LogP contribution in [0.3, 0.4) is 0 Å². The maximum atomic E-state index is 12.7. The Bertz CT molecular complexity index is 959. The Hall–Kier alpha value is -3.03. The molecule has 1 unspecified atom stereocenters. The second kappa shape index (κ2) is 9.22. The minimum Gasteiger partial charge on any atom is -0.490 e. The smallest absolute Gasteiger partial charge is 0.410 e. The van der Waals surface area contributed by atoms with Gasteiger partial charge in [-0.05, 0) is 71.1 Å². The molecule has 2 aromatic rings. The lowest BCUT2D eigenvalue weighted by Crippen LogP contribution is -2.35. The van der Waals surface area contributed by atoms with Crippen LogP contribution in [0, 0.1) is 0 Å². The molecule has 1 aromatic heterocycles. The van der Waals surface area contributed by atoms with Crippen LogP contribution in [0.5, 0.6) is 5.75 Å². The number of ether oxygens (including phenoxy) is 2. The maximum Gasteiger partial charge on any atom is 0.410 e. The quantitative estimate of drug-likeness (QED) is 0.732. The van der Waals surface area contributed by atoms with Crippen molar-refractivity contribution in [1.82, 2.24) is 14.7 Å². The minimum absolute atomic E-state index is 0.0521. The summed E-state index contributed by atoms with van der Waals surface area (Å²) in [5, 5.41) is 7.36. The molecule has 1 aliphatic heterocycles. The second-order valence-corrected chi connectivity index (χ2v) is 9.56. The van der Waals surface area contributed by atoms with Crippen LogP contribution < -0.4 is 10.1 Å². The highest BCUT2D eigenvalue weighted by Crippen LogP contribution is 2.26. The Morgan fingerprint density at radius 1 is 1.12 bits per heavy atom. The molecule has 2 heterocycles. The van der Waals surface area contributed by atoms with Gasteiger partial charge in [-0.3, -0.25) is 9.48 Å². The highest BCUT2D eigenvalue weighted by Gasteiger charge is 2.31. The van der Waals surface area contributed by atoms with Crippen LogP contribution in [-0.4, -0.2) is 51.5 Å². The van der Waals surface area contributed by atoms with Crippen molar-refractivity contribution in [2.24, 2.45) is 0 Å². The zero-order chi connectivity index (χ0) is 22.7. The predicted octanol–water partition coefficient (Wildman–Crippen LogP) is 4.64. The van der Waals surface area contributed by atoms with Crippen molar-refractivity contribution >= 4 is 17.8 Å². The third-order valence-electron chi connectivity index (χ3n) is 5.74. The van der Waals surface area contributed by atoms with Crippen molar-refractivity contribution < 1.29 is 19.1 Å². The summed E-state index contributed by atoms with van der Waals surface area (Å²) in [5.41, 5.74) is 0.0182. The van der Waals surface area contributed by atoms with Crippen LogP contribution >= 0.6 is 0 Å². The van der Waals surface area contributed by atoms with E-state index < -0.39 is 5.60 Å². The summed E-state index contributed by atoms with van der Waals surface area (Å²) in [4.78, 5) is 26.7. The van der Waals surface area contributed by atoms with Crippen molar-refractivity contribution in [2.45, 2.75) is 70.6 Å². The molecule has 0 spiro atoms. The van der Waals surface area contributed by atoms with Gasteiger partial charge in [-0.15, -0.1) is 0 Å². The van der Waals surface area contributed by atoms with Crippen molar-refractivity contribution in [3.8, 4) is 5.75 Å². The van der Waals surface area contributed by atoms with Gasteiger partial charge in [0.05, 0.1) is 12.1 Å². The number of rotatable bonds is 5. The van der Waals surface area contributed by atoms with Crippen LogP contribution in [0.2, 0.25) is 0 Å². The monoisotopic (exact) mass is 440 g/mol. The number of benzene rings is 1. The molecule has 1 saturated heterocycles. The molecule has 8 heteroatoms. The summed E-state index contributed by atoms with van der Waals surface area (Å²) in [6.45, 7) is 6.73. The summed E-state index contributed by atoms with van der Waals surface area (Å²) in [6.07, 6.45) is 7.10. The van der Waals surface area contributed by atoms with Crippen LogP contribution in [0.1, 0.15) is 69.3 Å². The van der Waals surface area contributed by atoms with Crippen LogP contribution in [-0.2, 0) is 4.74 Å². The topological polar surface area (TPSA) is 85.7 Å². The van der Waals surface area contributed by atoms with E-state index >= 15 is 0 Å². The molecule has 172 valence electrons. The molecule has 0 bridgehead atoms. The van der Waals surface area contributed by atoms with Gasteiger partial charge in [0.1, 0.15) is 11.4 Å². The molecule has 1 saturated carbocycles. The minimum atomic E-state index is -0.516. The van der Waals surface area contributed by atoms with E-state index in [1.807, 2.05) is 39.1 Å². The molecular formula is C24H32N4O4. The molecule has 1 aliphatic carbocycles. The molecule has 1 aromatic carbocycles. The summed E-state index contributed by atoms with van der Waals surface area (Å²) in [6, 6.07) is 9.09. The molecule has 8 nitrogen and oxygen atoms in total. The van der Waals surface area contributed by atoms with Gasteiger partial charge in [-0.2, -0.15) is 5.10 Å². The van der Waals surface area contributed by atoms with Crippen LogP contribution in [0.4, 0.5) is 10.6 Å². The number of aromatic nitrogens is 2. The van der Waals surface area contributed by atoms with E-state index in [1.54, 1.807) is 27.8 Å². The first-order valence-electron chi connectivity index (χ1n) is 11.4. The Kier molecular flexibility index (Phi) is 6.39. The summed E-state index contributed by atoms with van der Waals surface area (Å²) >= 11 is 0. The van der Waals surface area contributed by atoms with Gasteiger partial charge in [0.2, 0.25) is 0 Å². The Morgan fingerprint density at radius 3 is 2.66 bits per heavy atom. The normalized spacial score (nSPS) is 19.2. The van der Waals surface area contributed by atoms with Gasteiger partial charge in [0, 0.05) is 30.9 Å². The van der Waals surface area contributed by atoms with Gasteiger partial charge >= 0.3 is 6.09 Å². The van der Waals surface area contributed by atoms with E-state index in [9.17, 15) is 9.59 Å². The van der Waals surface area contributed by atoms with Crippen molar-refractivity contribution in [1.29, 1.82) is 0 Å². The average molecular weight is 441 g/mol. The zero-order valence-electron chi connectivity index (χ0n) is 19.0. The number of carbonyl (C=O) groups excluding carboxylic acids is 2. The first-order chi connectivity index (χ1) is 15.3. The van der Waals surface area contributed by atoms with Crippen molar-refractivity contribution in [2.75, 3.05) is 18.4 Å². The molecule has 2 amide bonds. The lowest BCUT2D eigenvalue weighted by Gasteiger charge is -2.24. The molecule has 1 atom stereocenters. The van der Waals surface area contributed by atoms with E-state index in [4.69, 9.17) is 9.47 Å². The van der Waals surface area contributed by atoms with E-state index in [-0.39, 0.29) is 24.1 Å². The number of nitrogens with zero attached hydrogens (tertiary/aromatic N) is 3. The van der Waals surface area contributed by atoms with Gasteiger partial charge < -0.3 is 19.7 Å². The van der Waals surface area contributed by atoms with Crippen molar-refractivity contribution in [3.63, 3.8) is 0 Å². The van der Waals surface area contributed by atoms with Gasteiger partial charge in [-0.25, -0.2) is 4.79 Å². The number of likely N-dealkylation sites (tertiary alicyclic amines) is 1. The molecule has 4 rings (SSSR count). The predicted molar refractivity (Wildman–Crippen MR) is 121 cm³/mol. The zero-order valence-corrected chi connectivity index (χ0v) is 19.0. The first-order valence-corrected chi connectivity index (χ1v) is 11.4. The number of hydrogen-bond acceptors (Lipinski definition) is 5. The molecule has 2 fully saturated rings. The van der Waals surface area contributed by atoms with E-state index in [0.717, 1.165) is 25.0 Å². The van der Waals surface area contributed by atoms with Gasteiger partial charge in [0.15, 0.2) is 5.82 Å². The third-order valence-corrected chi connectivity index (χ3v) is 5.74. The van der Waals surface area contributed by atoms with Gasteiger partial charge in [0.25, 0.3) is 5.91 Å². The van der Waals surface area contributed by atoms with E-state index in [2.05, 4.69) is 10.4 Å². The molecule has 1 N–H and O–H groups in total. The highest BCUT2D eigenvalue weighted by atomic mass is 16.6. The number of nitrogens with one attached hydrogen (secondary N) is 1. The fourth-order valence-electron chi connectivity index (χ4n) is 4.16. The largest absolute Gasteiger partial charge is 0.490 e. The standard InChI is InChI=1S/C24H32N4O4/c1-24(2,3)32-23(30)27-13-11-18(16-27)28-14-12-21(26-28)25-22(29)17-7-6-10-20(15-17)31-19-8-4-5-9-19/h6-7,10,12,14-15,18-19H,4-5,8-9,11,13,16H2,1-3H3,(H,25,26,29). The van der Waals surface area contributed by atoms with E-state index in [0.29, 0.717) is 24.5 Å². The fraction of sp³-hybridized carbons (Fsp3) is 0.542. The number of anilines is 1. The molecule has 2 aliphatic rings. The Labute approximate surface area is 188 Å². The second-order valence-electron chi connectivity index (χ2n) is 9.56. The molecule has 32 heavy (non-hydrogen) atoms. The highest BCUT2D eigenvalue weighted by molar-refractivity contribution is 6.03.